The second-order valence-corrected chi connectivity index (χ2v) is 6.89. The highest BCUT2D eigenvalue weighted by atomic mass is 32.1. The van der Waals surface area contributed by atoms with Crippen LogP contribution in [0, 0.1) is 0 Å². The van der Waals surface area contributed by atoms with Crippen molar-refractivity contribution in [2.45, 2.75) is 51.0 Å². The maximum atomic E-state index is 12.1. The fraction of sp³-hybridized carbons (Fsp3) is 0.500. The number of pyridine rings is 1. The van der Waals surface area contributed by atoms with Gasteiger partial charge in [0, 0.05) is 18.3 Å². The Morgan fingerprint density at radius 1 is 1.22 bits per heavy atom. The van der Waals surface area contributed by atoms with Crippen LogP contribution in [0.5, 0.6) is 0 Å². The van der Waals surface area contributed by atoms with Crippen LogP contribution in [0.1, 0.15) is 61.6 Å². The molecular formula is C16H21N5OS. The van der Waals surface area contributed by atoms with Gasteiger partial charge < -0.3 is 5.32 Å². The van der Waals surface area contributed by atoms with Crippen LogP contribution in [0.25, 0.3) is 0 Å². The topological polar surface area (TPSA) is 79.8 Å². The summed E-state index contributed by atoms with van der Waals surface area (Å²) in [5.74, 6) is 0.510. The zero-order valence-corrected chi connectivity index (χ0v) is 14.0. The molecule has 2 aromatic rings. The van der Waals surface area contributed by atoms with Gasteiger partial charge in [0.05, 0.1) is 6.04 Å². The number of carbonyl (C=O) groups excluding carboxylic acids is 1. The van der Waals surface area contributed by atoms with Gasteiger partial charge in [0.1, 0.15) is 5.01 Å². The lowest BCUT2D eigenvalue weighted by Gasteiger charge is -2.18. The number of hydrogen-bond acceptors (Lipinski definition) is 5. The van der Waals surface area contributed by atoms with E-state index in [-0.39, 0.29) is 12.1 Å². The summed E-state index contributed by atoms with van der Waals surface area (Å²) in [6.45, 7) is 1.93. The van der Waals surface area contributed by atoms with Gasteiger partial charge in [-0.05, 0) is 37.5 Å². The average molecular weight is 331 g/mol. The van der Waals surface area contributed by atoms with E-state index in [9.17, 15) is 4.79 Å². The summed E-state index contributed by atoms with van der Waals surface area (Å²) in [6.07, 6.45) is 9.63. The standard InChI is InChI=1S/C16H21N5OS/c1-11(12-7-9-17-10-8-12)18-15(22)19-16-21-20-14(23-16)13-5-3-2-4-6-13/h7-11,13H,2-6H2,1H3,(H2,18,19,21,22)/t11-/m0/s1. The maximum absolute atomic E-state index is 12.1. The van der Waals surface area contributed by atoms with Crippen molar-refractivity contribution in [3.8, 4) is 0 Å². The van der Waals surface area contributed by atoms with Gasteiger partial charge in [-0.1, -0.05) is 30.6 Å². The Bertz CT molecular complexity index is 639. The fourth-order valence-corrected chi connectivity index (χ4v) is 3.77. The van der Waals surface area contributed by atoms with E-state index in [1.54, 1.807) is 12.4 Å². The monoisotopic (exact) mass is 331 g/mol. The molecule has 0 radical (unpaired) electrons. The van der Waals surface area contributed by atoms with E-state index in [4.69, 9.17) is 0 Å². The first-order valence-electron chi connectivity index (χ1n) is 8.03. The van der Waals surface area contributed by atoms with E-state index < -0.39 is 0 Å². The first-order valence-corrected chi connectivity index (χ1v) is 8.85. The Morgan fingerprint density at radius 3 is 2.70 bits per heavy atom. The van der Waals surface area contributed by atoms with E-state index in [0.29, 0.717) is 11.0 Å². The number of hydrogen-bond donors (Lipinski definition) is 2. The summed E-state index contributed by atoms with van der Waals surface area (Å²) >= 11 is 1.49. The Balaban J connectivity index is 1.54. The van der Waals surface area contributed by atoms with Crippen LogP contribution in [0.4, 0.5) is 9.93 Å². The van der Waals surface area contributed by atoms with Gasteiger partial charge in [0.25, 0.3) is 0 Å². The summed E-state index contributed by atoms with van der Waals surface area (Å²) in [7, 11) is 0. The third-order valence-corrected chi connectivity index (χ3v) is 5.17. The number of amides is 2. The van der Waals surface area contributed by atoms with Crippen LogP contribution in [-0.4, -0.2) is 21.2 Å². The van der Waals surface area contributed by atoms with Gasteiger partial charge >= 0.3 is 6.03 Å². The van der Waals surface area contributed by atoms with Crippen LogP contribution in [0.3, 0.4) is 0 Å². The largest absolute Gasteiger partial charge is 0.331 e. The van der Waals surface area contributed by atoms with E-state index in [1.165, 1.54) is 43.4 Å². The van der Waals surface area contributed by atoms with Crippen molar-refractivity contribution in [3.05, 3.63) is 35.1 Å². The molecule has 0 aromatic carbocycles. The Hall–Kier alpha value is -2.02. The highest BCUT2D eigenvalue weighted by molar-refractivity contribution is 7.15. The molecule has 3 rings (SSSR count). The molecule has 0 saturated heterocycles. The predicted octanol–water partition coefficient (Wildman–Crippen LogP) is 3.86. The van der Waals surface area contributed by atoms with Crippen molar-refractivity contribution in [1.82, 2.24) is 20.5 Å². The molecule has 2 aromatic heterocycles. The number of aromatic nitrogens is 3. The fourth-order valence-electron chi connectivity index (χ4n) is 2.86. The number of rotatable bonds is 4. The summed E-state index contributed by atoms with van der Waals surface area (Å²) < 4.78 is 0. The van der Waals surface area contributed by atoms with E-state index in [0.717, 1.165) is 10.6 Å². The number of anilines is 1. The maximum Gasteiger partial charge on any atom is 0.321 e. The molecule has 122 valence electrons. The molecule has 1 aliphatic rings. The molecule has 7 heteroatoms. The van der Waals surface area contributed by atoms with Crippen molar-refractivity contribution >= 4 is 22.5 Å². The molecule has 0 aliphatic heterocycles. The molecule has 2 amide bonds. The smallest absolute Gasteiger partial charge is 0.321 e. The quantitative estimate of drug-likeness (QED) is 0.891. The second kappa shape index (κ2) is 7.50. The third-order valence-electron chi connectivity index (χ3n) is 4.17. The normalized spacial score (nSPS) is 16.7. The minimum Gasteiger partial charge on any atom is -0.331 e. The summed E-state index contributed by atoms with van der Waals surface area (Å²) in [4.78, 5) is 16.1. The van der Waals surface area contributed by atoms with E-state index in [1.807, 2.05) is 19.1 Å². The van der Waals surface area contributed by atoms with Gasteiger partial charge in [-0.2, -0.15) is 0 Å². The van der Waals surface area contributed by atoms with Crippen LogP contribution in [0.15, 0.2) is 24.5 Å². The Kier molecular flexibility index (Phi) is 5.17. The molecule has 0 spiro atoms. The van der Waals surface area contributed by atoms with Crippen LogP contribution in [-0.2, 0) is 0 Å². The number of nitrogens with one attached hydrogen (secondary N) is 2. The molecule has 1 aliphatic carbocycles. The minimum absolute atomic E-state index is 0.0938. The van der Waals surface area contributed by atoms with Crippen molar-refractivity contribution in [1.29, 1.82) is 0 Å². The Labute approximate surface area is 139 Å². The van der Waals surface area contributed by atoms with Crippen molar-refractivity contribution in [3.63, 3.8) is 0 Å². The SMILES string of the molecule is C[C@H](NC(=O)Nc1nnc(C2CCCCC2)s1)c1ccncc1. The van der Waals surface area contributed by atoms with Crippen molar-refractivity contribution < 1.29 is 4.79 Å². The molecule has 2 N–H and O–H groups in total. The first-order chi connectivity index (χ1) is 11.2. The van der Waals surface area contributed by atoms with Gasteiger partial charge in [0.15, 0.2) is 0 Å². The summed E-state index contributed by atoms with van der Waals surface area (Å²) in [5.41, 5.74) is 1.01. The van der Waals surface area contributed by atoms with Crippen molar-refractivity contribution in [2.24, 2.45) is 0 Å². The lowest BCUT2D eigenvalue weighted by Crippen LogP contribution is -2.31. The molecule has 1 atom stereocenters. The third kappa shape index (κ3) is 4.25. The van der Waals surface area contributed by atoms with E-state index in [2.05, 4.69) is 25.8 Å². The summed E-state index contributed by atoms with van der Waals surface area (Å²) in [6, 6.07) is 3.41. The van der Waals surface area contributed by atoms with Gasteiger partial charge in [0.2, 0.25) is 5.13 Å². The lowest BCUT2D eigenvalue weighted by atomic mass is 9.90. The first kappa shape index (κ1) is 15.9. The molecule has 0 unspecified atom stereocenters. The van der Waals surface area contributed by atoms with Gasteiger partial charge in [-0.15, -0.1) is 10.2 Å². The molecule has 2 heterocycles. The molecule has 6 nitrogen and oxygen atoms in total. The van der Waals surface area contributed by atoms with E-state index >= 15 is 0 Å². The highest BCUT2D eigenvalue weighted by Gasteiger charge is 2.20. The van der Waals surface area contributed by atoms with Crippen molar-refractivity contribution in [2.75, 3.05) is 5.32 Å². The number of urea groups is 1. The van der Waals surface area contributed by atoms with Gasteiger partial charge in [-0.25, -0.2) is 4.79 Å². The molecule has 1 saturated carbocycles. The molecule has 1 fully saturated rings. The lowest BCUT2D eigenvalue weighted by molar-refractivity contribution is 0.249. The average Bonchev–Trinajstić information content (AvgIpc) is 3.04. The molecule has 0 bridgehead atoms. The van der Waals surface area contributed by atoms with Gasteiger partial charge in [-0.3, -0.25) is 10.3 Å². The minimum atomic E-state index is -0.263. The number of nitrogens with zero attached hydrogens (tertiary/aromatic N) is 3. The zero-order chi connectivity index (χ0) is 16.1. The summed E-state index contributed by atoms with van der Waals surface area (Å²) in [5, 5.41) is 15.6. The van der Waals surface area contributed by atoms with Crippen LogP contribution in [0.2, 0.25) is 0 Å². The highest BCUT2D eigenvalue weighted by Crippen LogP contribution is 2.35. The van der Waals surface area contributed by atoms with Crippen LogP contribution >= 0.6 is 11.3 Å². The molecule has 23 heavy (non-hydrogen) atoms. The Morgan fingerprint density at radius 2 is 1.96 bits per heavy atom. The molecular weight excluding hydrogens is 310 g/mol. The zero-order valence-electron chi connectivity index (χ0n) is 13.2. The number of carbonyl (C=O) groups is 1. The predicted molar refractivity (Wildman–Crippen MR) is 90.5 cm³/mol. The van der Waals surface area contributed by atoms with Crippen LogP contribution < -0.4 is 10.6 Å². The second-order valence-electron chi connectivity index (χ2n) is 5.88.